The average Bonchev–Trinajstić information content (AvgIpc) is 2.74. The third kappa shape index (κ3) is 4.06. The minimum atomic E-state index is -0.530. The monoisotopic (exact) mass is 296 g/mol. The molecule has 0 bridgehead atoms. The van der Waals surface area contributed by atoms with E-state index >= 15 is 0 Å². The highest BCUT2D eigenvalue weighted by molar-refractivity contribution is 5.68. The number of rotatable bonds is 2. The maximum Gasteiger partial charge on any atom is 0.407 e. The van der Waals surface area contributed by atoms with Gasteiger partial charge in [0.15, 0.2) is 0 Å². The van der Waals surface area contributed by atoms with Gasteiger partial charge in [0, 0.05) is 31.0 Å². The number of carbonyl (C=O) groups is 1. The molecule has 1 aliphatic carbocycles. The predicted octanol–water partition coefficient (Wildman–Crippen LogP) is 2.77. The first-order chi connectivity index (χ1) is 9.78. The number of hydrogen-bond acceptors (Lipinski definition) is 3. The molecule has 3 unspecified atom stereocenters. The van der Waals surface area contributed by atoms with Crippen molar-refractivity contribution in [3.8, 4) is 0 Å². The number of amides is 1. The first kappa shape index (κ1) is 16.0. The van der Waals surface area contributed by atoms with Crippen molar-refractivity contribution < 1.29 is 13.9 Å². The molecule has 2 N–H and O–H groups in total. The van der Waals surface area contributed by atoms with Crippen LogP contribution in [0.2, 0.25) is 0 Å². The van der Waals surface area contributed by atoms with Gasteiger partial charge < -0.3 is 15.4 Å². The van der Waals surface area contributed by atoms with E-state index in [1.54, 1.807) is 6.08 Å². The summed E-state index contributed by atoms with van der Waals surface area (Å²) in [6, 6.07) is -0.113. The summed E-state index contributed by atoms with van der Waals surface area (Å²) in [4.78, 5) is 11.9. The molecule has 1 heterocycles. The molecule has 1 aliphatic heterocycles. The van der Waals surface area contributed by atoms with Crippen LogP contribution >= 0.6 is 0 Å². The van der Waals surface area contributed by atoms with E-state index < -0.39 is 11.7 Å². The molecule has 1 amide bonds. The van der Waals surface area contributed by atoms with Gasteiger partial charge in [-0.2, -0.15) is 0 Å². The Kier molecular flexibility index (Phi) is 4.71. The van der Waals surface area contributed by atoms with E-state index in [9.17, 15) is 9.18 Å². The Bertz CT molecular complexity index is 454. The van der Waals surface area contributed by atoms with Crippen molar-refractivity contribution in [3.05, 3.63) is 24.1 Å². The summed E-state index contributed by atoms with van der Waals surface area (Å²) in [5.41, 5.74) is -0.530. The fourth-order valence-corrected chi connectivity index (χ4v) is 3.09. The Hall–Kier alpha value is -1.36. The molecule has 118 valence electrons. The molecule has 2 aliphatic rings. The first-order valence-corrected chi connectivity index (χ1v) is 7.52. The molecule has 0 radical (unpaired) electrons. The number of halogens is 1. The molecular weight excluding hydrogens is 271 g/mol. The lowest BCUT2D eigenvalue weighted by Crippen LogP contribution is -2.46. The van der Waals surface area contributed by atoms with Gasteiger partial charge in [-0.15, -0.1) is 0 Å². The summed E-state index contributed by atoms with van der Waals surface area (Å²) in [6.45, 7) is 8.83. The van der Waals surface area contributed by atoms with Crippen LogP contribution in [0, 0.1) is 17.8 Å². The lowest BCUT2D eigenvalue weighted by atomic mass is 9.77. The van der Waals surface area contributed by atoms with Crippen LogP contribution in [-0.2, 0) is 4.74 Å². The van der Waals surface area contributed by atoms with Crippen LogP contribution in [-0.4, -0.2) is 30.8 Å². The summed E-state index contributed by atoms with van der Waals surface area (Å²) in [5.74, 6) is -0.129. The third-order valence-corrected chi connectivity index (χ3v) is 3.98. The zero-order valence-corrected chi connectivity index (χ0v) is 13.2. The number of ether oxygens (including phenoxy) is 1. The third-order valence-electron chi connectivity index (χ3n) is 3.98. The van der Waals surface area contributed by atoms with Crippen LogP contribution in [0.5, 0.6) is 0 Å². The van der Waals surface area contributed by atoms with Gasteiger partial charge in [0.2, 0.25) is 0 Å². The molecule has 1 fully saturated rings. The van der Waals surface area contributed by atoms with Gasteiger partial charge >= 0.3 is 6.09 Å². The highest BCUT2D eigenvalue weighted by Gasteiger charge is 2.40. The van der Waals surface area contributed by atoms with E-state index in [4.69, 9.17) is 4.74 Å². The smallest absolute Gasteiger partial charge is 0.407 e. The largest absolute Gasteiger partial charge is 0.444 e. The van der Waals surface area contributed by atoms with E-state index in [1.807, 2.05) is 33.8 Å². The first-order valence-electron chi connectivity index (χ1n) is 7.52. The Morgan fingerprint density at radius 1 is 1.43 bits per heavy atom. The number of hydrogen-bond donors (Lipinski definition) is 2. The number of allylic oxidation sites excluding steroid dienone is 4. The molecule has 4 nitrogen and oxygen atoms in total. The van der Waals surface area contributed by atoms with Gasteiger partial charge in [-0.3, -0.25) is 0 Å². The van der Waals surface area contributed by atoms with E-state index in [0.29, 0.717) is 13.1 Å². The van der Waals surface area contributed by atoms with Crippen molar-refractivity contribution >= 4 is 6.09 Å². The molecule has 21 heavy (non-hydrogen) atoms. The summed E-state index contributed by atoms with van der Waals surface area (Å²) >= 11 is 0. The maximum absolute atomic E-state index is 14.2. The Morgan fingerprint density at radius 3 is 2.76 bits per heavy atom. The molecule has 0 aromatic carbocycles. The second kappa shape index (κ2) is 6.18. The standard InChI is InChI=1S/C16H25FN2O2/c1-10-6-5-7-12(17)14(10)11-8-18-9-13(11)19-15(20)21-16(2,3)4/h5-7,10-11,13-14,18H,8-9H2,1-4H3,(H,19,20)/t10?,11-,13?,14?/m0/s1. The zero-order chi connectivity index (χ0) is 15.6. The lowest BCUT2D eigenvalue weighted by Gasteiger charge is -2.32. The van der Waals surface area contributed by atoms with Crippen molar-refractivity contribution in [1.29, 1.82) is 0 Å². The fraction of sp³-hybridized carbons (Fsp3) is 0.688. The summed E-state index contributed by atoms with van der Waals surface area (Å²) in [5, 5.41) is 6.12. The molecule has 0 spiro atoms. The molecule has 5 heteroatoms. The van der Waals surface area contributed by atoms with Crippen molar-refractivity contribution in [2.75, 3.05) is 13.1 Å². The summed E-state index contributed by atoms with van der Waals surface area (Å²) in [7, 11) is 0. The van der Waals surface area contributed by atoms with Crippen molar-refractivity contribution in [2.24, 2.45) is 17.8 Å². The van der Waals surface area contributed by atoms with E-state index in [-0.39, 0.29) is 29.6 Å². The SMILES string of the molecule is CC1C=CC=C(F)C1[C@H]1CNCC1NC(=O)OC(C)(C)C. The second-order valence-corrected chi connectivity index (χ2v) is 6.90. The predicted molar refractivity (Wildman–Crippen MR) is 80.5 cm³/mol. The van der Waals surface area contributed by atoms with Gasteiger partial charge in [-0.1, -0.05) is 19.1 Å². The lowest BCUT2D eigenvalue weighted by molar-refractivity contribution is 0.0486. The van der Waals surface area contributed by atoms with Crippen molar-refractivity contribution in [1.82, 2.24) is 10.6 Å². The molecule has 0 saturated carbocycles. The quantitative estimate of drug-likeness (QED) is 0.824. The van der Waals surface area contributed by atoms with Gasteiger partial charge in [-0.25, -0.2) is 9.18 Å². The van der Waals surface area contributed by atoms with Crippen LogP contribution < -0.4 is 10.6 Å². The van der Waals surface area contributed by atoms with Crippen LogP contribution in [0.25, 0.3) is 0 Å². The Morgan fingerprint density at radius 2 is 2.14 bits per heavy atom. The summed E-state index contributed by atoms with van der Waals surface area (Å²) < 4.78 is 19.5. The van der Waals surface area contributed by atoms with Gasteiger partial charge in [0.1, 0.15) is 11.4 Å². The molecule has 2 rings (SSSR count). The number of carbonyl (C=O) groups excluding carboxylic acids is 1. The van der Waals surface area contributed by atoms with Crippen LogP contribution in [0.1, 0.15) is 27.7 Å². The molecular formula is C16H25FN2O2. The Balaban J connectivity index is 2.02. The van der Waals surface area contributed by atoms with Crippen LogP contribution in [0.15, 0.2) is 24.1 Å². The maximum atomic E-state index is 14.2. The number of nitrogens with one attached hydrogen (secondary N) is 2. The average molecular weight is 296 g/mol. The van der Waals surface area contributed by atoms with Gasteiger partial charge in [0.05, 0.1) is 0 Å². The fourth-order valence-electron chi connectivity index (χ4n) is 3.09. The molecule has 0 aromatic rings. The van der Waals surface area contributed by atoms with E-state index in [0.717, 1.165) is 0 Å². The minimum absolute atomic E-state index is 0.0359. The highest BCUT2D eigenvalue weighted by Crippen LogP contribution is 2.36. The normalized spacial score (nSPS) is 32.7. The van der Waals surface area contributed by atoms with Gasteiger partial charge in [0.25, 0.3) is 0 Å². The number of alkyl carbamates (subject to hydrolysis) is 1. The molecule has 0 aromatic heterocycles. The van der Waals surface area contributed by atoms with Gasteiger partial charge in [-0.05, 0) is 32.8 Å². The Labute approximate surface area is 125 Å². The molecule has 4 atom stereocenters. The van der Waals surface area contributed by atoms with Crippen molar-refractivity contribution in [2.45, 2.75) is 39.3 Å². The highest BCUT2D eigenvalue weighted by atomic mass is 19.1. The van der Waals surface area contributed by atoms with Crippen LogP contribution in [0.4, 0.5) is 9.18 Å². The minimum Gasteiger partial charge on any atom is -0.444 e. The van der Waals surface area contributed by atoms with E-state index in [2.05, 4.69) is 10.6 Å². The molecule has 1 saturated heterocycles. The zero-order valence-electron chi connectivity index (χ0n) is 13.2. The summed E-state index contributed by atoms with van der Waals surface area (Å²) in [6.07, 6.45) is 4.85. The van der Waals surface area contributed by atoms with Crippen molar-refractivity contribution in [3.63, 3.8) is 0 Å². The second-order valence-electron chi connectivity index (χ2n) is 6.90. The van der Waals surface area contributed by atoms with E-state index in [1.165, 1.54) is 6.08 Å². The topological polar surface area (TPSA) is 50.4 Å². The van der Waals surface area contributed by atoms with Crippen LogP contribution in [0.3, 0.4) is 0 Å².